The number of fused-ring (bicyclic) bond motifs is 1. The molecule has 0 bridgehead atoms. The van der Waals surface area contributed by atoms with Gasteiger partial charge in [0, 0.05) is 17.2 Å². The van der Waals surface area contributed by atoms with Gasteiger partial charge in [-0.05, 0) is 6.42 Å². The van der Waals surface area contributed by atoms with Crippen molar-refractivity contribution in [2.45, 2.75) is 13.3 Å². The van der Waals surface area contributed by atoms with Gasteiger partial charge in [0.25, 0.3) is 0 Å². The number of aromatic nitrogens is 3. The van der Waals surface area contributed by atoms with Crippen molar-refractivity contribution in [3.63, 3.8) is 0 Å². The van der Waals surface area contributed by atoms with E-state index in [0.29, 0.717) is 5.82 Å². The molecule has 0 atom stereocenters. The van der Waals surface area contributed by atoms with Gasteiger partial charge in [0.05, 0.1) is 11.9 Å². The summed E-state index contributed by atoms with van der Waals surface area (Å²) in [5.41, 5.74) is 9.93. The van der Waals surface area contributed by atoms with Crippen molar-refractivity contribution in [2.75, 3.05) is 5.73 Å². The Balaban J connectivity index is 2.26. The smallest absolute Gasteiger partial charge is 0.161 e. The number of anilines is 1. The minimum absolute atomic E-state index is 0.610. The van der Waals surface area contributed by atoms with E-state index in [1.165, 1.54) is 0 Å². The summed E-state index contributed by atoms with van der Waals surface area (Å²) in [6, 6.07) is 11.9. The SMILES string of the molecule is CCc1cnn2c(N)cc(-c3ccccc3)nc12. The molecule has 0 saturated heterocycles. The quantitative estimate of drug-likeness (QED) is 0.746. The first kappa shape index (κ1) is 10.8. The number of nitrogen functional groups attached to an aromatic ring is 1. The Morgan fingerprint density at radius 1 is 1.22 bits per heavy atom. The average Bonchev–Trinajstić information content (AvgIpc) is 2.83. The molecule has 3 aromatic rings. The van der Waals surface area contributed by atoms with E-state index in [9.17, 15) is 0 Å². The molecule has 1 aromatic carbocycles. The lowest BCUT2D eigenvalue weighted by Gasteiger charge is -2.05. The zero-order valence-electron chi connectivity index (χ0n) is 10.2. The van der Waals surface area contributed by atoms with Crippen LogP contribution in [-0.4, -0.2) is 14.6 Å². The van der Waals surface area contributed by atoms with E-state index in [0.717, 1.165) is 28.9 Å². The highest BCUT2D eigenvalue weighted by molar-refractivity contribution is 5.66. The van der Waals surface area contributed by atoms with Crippen molar-refractivity contribution < 1.29 is 0 Å². The maximum absolute atomic E-state index is 6.02. The van der Waals surface area contributed by atoms with E-state index in [1.807, 2.05) is 42.6 Å². The third-order valence-electron chi connectivity index (χ3n) is 3.02. The number of benzene rings is 1. The molecule has 0 aliphatic carbocycles. The zero-order chi connectivity index (χ0) is 12.5. The van der Waals surface area contributed by atoms with Gasteiger partial charge < -0.3 is 5.73 Å². The normalized spacial score (nSPS) is 10.9. The highest BCUT2D eigenvalue weighted by atomic mass is 15.3. The van der Waals surface area contributed by atoms with Crippen molar-refractivity contribution >= 4 is 11.5 Å². The summed E-state index contributed by atoms with van der Waals surface area (Å²) >= 11 is 0. The molecule has 0 amide bonds. The third kappa shape index (κ3) is 1.62. The number of nitrogens with two attached hydrogens (primary N) is 1. The van der Waals surface area contributed by atoms with Crippen molar-refractivity contribution in [1.82, 2.24) is 14.6 Å². The second-order valence-corrected chi connectivity index (χ2v) is 4.19. The van der Waals surface area contributed by atoms with Crippen LogP contribution in [0.15, 0.2) is 42.6 Å². The fourth-order valence-corrected chi connectivity index (χ4v) is 2.04. The highest BCUT2D eigenvalue weighted by Crippen LogP contribution is 2.22. The lowest BCUT2D eigenvalue weighted by Crippen LogP contribution is -2.01. The molecule has 2 heterocycles. The van der Waals surface area contributed by atoms with E-state index in [4.69, 9.17) is 5.73 Å². The topological polar surface area (TPSA) is 56.2 Å². The van der Waals surface area contributed by atoms with Gasteiger partial charge in [-0.25, -0.2) is 4.98 Å². The second-order valence-electron chi connectivity index (χ2n) is 4.19. The molecule has 0 spiro atoms. The van der Waals surface area contributed by atoms with Gasteiger partial charge in [0.1, 0.15) is 5.82 Å². The standard InChI is InChI=1S/C14H14N4/c1-2-10-9-16-18-13(15)8-12(17-14(10)18)11-6-4-3-5-7-11/h3-9H,2,15H2,1H3. The van der Waals surface area contributed by atoms with E-state index < -0.39 is 0 Å². The maximum atomic E-state index is 6.02. The van der Waals surface area contributed by atoms with Crippen LogP contribution in [0.5, 0.6) is 0 Å². The Labute approximate surface area is 105 Å². The Morgan fingerprint density at radius 2 is 2.00 bits per heavy atom. The number of rotatable bonds is 2. The fraction of sp³-hybridized carbons (Fsp3) is 0.143. The first-order valence-corrected chi connectivity index (χ1v) is 5.98. The molecule has 4 heteroatoms. The summed E-state index contributed by atoms with van der Waals surface area (Å²) in [6.45, 7) is 2.09. The first-order chi connectivity index (χ1) is 8.79. The maximum Gasteiger partial charge on any atom is 0.161 e. The summed E-state index contributed by atoms with van der Waals surface area (Å²) in [5, 5.41) is 4.25. The van der Waals surface area contributed by atoms with Crippen LogP contribution in [-0.2, 0) is 6.42 Å². The number of hydrogen-bond donors (Lipinski definition) is 1. The van der Waals surface area contributed by atoms with Crippen LogP contribution in [0.4, 0.5) is 5.82 Å². The number of hydrogen-bond acceptors (Lipinski definition) is 3. The number of nitrogens with zero attached hydrogens (tertiary/aromatic N) is 3. The predicted molar refractivity (Wildman–Crippen MR) is 72.2 cm³/mol. The monoisotopic (exact) mass is 238 g/mol. The van der Waals surface area contributed by atoms with Crippen molar-refractivity contribution in [3.8, 4) is 11.3 Å². The molecule has 0 unspecified atom stereocenters. The zero-order valence-corrected chi connectivity index (χ0v) is 10.2. The molecule has 0 saturated carbocycles. The molecule has 0 aliphatic rings. The molecule has 0 radical (unpaired) electrons. The van der Waals surface area contributed by atoms with Gasteiger partial charge in [0.15, 0.2) is 5.65 Å². The van der Waals surface area contributed by atoms with Crippen molar-refractivity contribution in [2.24, 2.45) is 0 Å². The Bertz CT molecular complexity index is 686. The summed E-state index contributed by atoms with van der Waals surface area (Å²) in [6.07, 6.45) is 2.72. The van der Waals surface area contributed by atoms with Gasteiger partial charge in [-0.15, -0.1) is 0 Å². The molecule has 2 aromatic heterocycles. The minimum Gasteiger partial charge on any atom is -0.384 e. The Kier molecular flexibility index (Phi) is 2.48. The van der Waals surface area contributed by atoms with Crippen molar-refractivity contribution in [1.29, 1.82) is 0 Å². The molecule has 4 nitrogen and oxygen atoms in total. The van der Waals surface area contributed by atoms with Gasteiger partial charge in [0.2, 0.25) is 0 Å². The van der Waals surface area contributed by atoms with Gasteiger partial charge in [-0.1, -0.05) is 37.3 Å². The molecule has 3 rings (SSSR count). The van der Waals surface area contributed by atoms with Crippen LogP contribution in [0.2, 0.25) is 0 Å². The van der Waals surface area contributed by atoms with E-state index in [1.54, 1.807) is 4.52 Å². The predicted octanol–water partition coefficient (Wildman–Crippen LogP) is 2.54. The Hall–Kier alpha value is -2.36. The van der Waals surface area contributed by atoms with Crippen molar-refractivity contribution in [3.05, 3.63) is 48.2 Å². The number of aryl methyl sites for hydroxylation is 1. The first-order valence-electron chi connectivity index (χ1n) is 5.98. The molecule has 0 fully saturated rings. The molecule has 2 N–H and O–H groups in total. The van der Waals surface area contributed by atoms with Crippen LogP contribution in [0.3, 0.4) is 0 Å². The summed E-state index contributed by atoms with van der Waals surface area (Å²) in [4.78, 5) is 4.66. The Morgan fingerprint density at radius 3 is 2.72 bits per heavy atom. The molecular weight excluding hydrogens is 224 g/mol. The lowest BCUT2D eigenvalue weighted by molar-refractivity contribution is 0.953. The van der Waals surface area contributed by atoms with E-state index in [2.05, 4.69) is 17.0 Å². The molecule has 18 heavy (non-hydrogen) atoms. The van der Waals surface area contributed by atoms with Crippen LogP contribution >= 0.6 is 0 Å². The van der Waals surface area contributed by atoms with E-state index >= 15 is 0 Å². The molecular formula is C14H14N4. The van der Waals surface area contributed by atoms with Gasteiger partial charge >= 0.3 is 0 Å². The average molecular weight is 238 g/mol. The third-order valence-corrected chi connectivity index (χ3v) is 3.02. The molecule has 0 aliphatic heterocycles. The van der Waals surface area contributed by atoms with Gasteiger partial charge in [-0.2, -0.15) is 9.61 Å². The van der Waals surface area contributed by atoms with Crippen LogP contribution < -0.4 is 5.73 Å². The summed E-state index contributed by atoms with van der Waals surface area (Å²) < 4.78 is 1.69. The minimum atomic E-state index is 0.610. The summed E-state index contributed by atoms with van der Waals surface area (Å²) in [5.74, 6) is 0.610. The second kappa shape index (κ2) is 4.14. The van der Waals surface area contributed by atoms with Crippen LogP contribution in [0, 0.1) is 0 Å². The summed E-state index contributed by atoms with van der Waals surface area (Å²) in [7, 11) is 0. The highest BCUT2D eigenvalue weighted by Gasteiger charge is 2.09. The largest absolute Gasteiger partial charge is 0.384 e. The lowest BCUT2D eigenvalue weighted by atomic mass is 10.1. The molecule has 90 valence electrons. The van der Waals surface area contributed by atoms with Gasteiger partial charge in [-0.3, -0.25) is 0 Å². The fourth-order valence-electron chi connectivity index (χ4n) is 2.04. The van der Waals surface area contributed by atoms with E-state index in [-0.39, 0.29) is 0 Å². The van der Waals surface area contributed by atoms with Crippen LogP contribution in [0.1, 0.15) is 12.5 Å². The van der Waals surface area contributed by atoms with Crippen LogP contribution in [0.25, 0.3) is 16.9 Å².